The van der Waals surface area contributed by atoms with Crippen molar-refractivity contribution in [3.8, 4) is 0 Å². The maximum absolute atomic E-state index is 4.48. The number of aryl methyl sites for hydroxylation is 2. The van der Waals surface area contributed by atoms with Crippen molar-refractivity contribution >= 4 is 0 Å². The van der Waals surface area contributed by atoms with Gasteiger partial charge >= 0.3 is 0 Å². The van der Waals surface area contributed by atoms with Gasteiger partial charge in [-0.3, -0.25) is 9.67 Å². The first-order valence-corrected chi connectivity index (χ1v) is 6.20. The van der Waals surface area contributed by atoms with Gasteiger partial charge in [0.05, 0.1) is 17.4 Å². The number of pyridine rings is 1. The quantitative estimate of drug-likeness (QED) is 0.865. The number of nitrogens with zero attached hydrogens (tertiary/aromatic N) is 4. The van der Waals surface area contributed by atoms with E-state index < -0.39 is 0 Å². The summed E-state index contributed by atoms with van der Waals surface area (Å²) in [4.78, 5) is 4.48. The Bertz CT molecular complexity index is 506. The number of nitrogens with one attached hydrogen (secondary N) is 1. The molecule has 0 saturated heterocycles. The maximum Gasteiger partial charge on any atom is 0.0846 e. The molecule has 0 amide bonds. The van der Waals surface area contributed by atoms with Gasteiger partial charge in [0.25, 0.3) is 0 Å². The third kappa shape index (κ3) is 2.92. The first-order valence-electron chi connectivity index (χ1n) is 6.20. The summed E-state index contributed by atoms with van der Waals surface area (Å²) in [6.45, 7) is 5.09. The molecule has 1 unspecified atom stereocenters. The van der Waals surface area contributed by atoms with Gasteiger partial charge in [-0.15, -0.1) is 5.10 Å². The highest BCUT2D eigenvalue weighted by Crippen LogP contribution is 2.18. The Morgan fingerprint density at radius 3 is 2.89 bits per heavy atom. The minimum absolute atomic E-state index is 0.188. The molecule has 18 heavy (non-hydrogen) atoms. The van der Waals surface area contributed by atoms with Crippen LogP contribution in [0.2, 0.25) is 0 Å². The Morgan fingerprint density at radius 2 is 2.28 bits per heavy atom. The second-order valence-electron chi connectivity index (χ2n) is 4.40. The Labute approximate surface area is 107 Å². The molecule has 0 fully saturated rings. The highest BCUT2D eigenvalue weighted by atomic mass is 15.4. The molecule has 0 spiro atoms. The molecule has 0 bridgehead atoms. The van der Waals surface area contributed by atoms with Gasteiger partial charge in [0.15, 0.2) is 0 Å². The highest BCUT2D eigenvalue weighted by Gasteiger charge is 2.16. The number of hydrogen-bond acceptors (Lipinski definition) is 4. The molecular weight excluding hydrogens is 226 g/mol. The Hall–Kier alpha value is -1.75. The third-order valence-electron chi connectivity index (χ3n) is 2.89. The van der Waals surface area contributed by atoms with Crippen molar-refractivity contribution in [2.24, 2.45) is 7.05 Å². The van der Waals surface area contributed by atoms with Crippen LogP contribution < -0.4 is 5.32 Å². The molecule has 0 aliphatic rings. The lowest BCUT2D eigenvalue weighted by Gasteiger charge is -2.17. The lowest BCUT2D eigenvalue weighted by molar-refractivity contribution is 0.528. The monoisotopic (exact) mass is 245 g/mol. The molecule has 1 N–H and O–H groups in total. The first-order chi connectivity index (χ1) is 8.70. The topological polar surface area (TPSA) is 55.6 Å². The number of rotatable bonds is 5. The summed E-state index contributed by atoms with van der Waals surface area (Å²) in [6, 6.07) is 4.24. The van der Waals surface area contributed by atoms with Crippen molar-refractivity contribution in [2.45, 2.75) is 26.3 Å². The van der Waals surface area contributed by atoms with Crippen LogP contribution in [0.1, 0.15) is 29.9 Å². The van der Waals surface area contributed by atoms with Gasteiger partial charge in [-0.1, -0.05) is 18.2 Å². The van der Waals surface area contributed by atoms with Crippen molar-refractivity contribution in [3.05, 3.63) is 41.5 Å². The van der Waals surface area contributed by atoms with E-state index >= 15 is 0 Å². The van der Waals surface area contributed by atoms with Crippen LogP contribution in [0.4, 0.5) is 0 Å². The number of aromatic nitrogens is 4. The molecule has 2 aromatic heterocycles. The molecule has 5 nitrogen and oxygen atoms in total. The maximum atomic E-state index is 4.48. The standard InChI is InChI=1S/C13H19N5/c1-4-14-12(8-11-9-18(3)17-16-11)13-10(2)6-5-7-15-13/h5-7,9,12,14H,4,8H2,1-3H3. The van der Waals surface area contributed by atoms with Crippen LogP contribution in [0.3, 0.4) is 0 Å². The molecular formula is C13H19N5. The van der Waals surface area contributed by atoms with E-state index in [0.717, 1.165) is 24.4 Å². The fourth-order valence-electron chi connectivity index (χ4n) is 2.07. The van der Waals surface area contributed by atoms with E-state index in [0.29, 0.717) is 0 Å². The Morgan fingerprint density at radius 1 is 1.44 bits per heavy atom. The van der Waals surface area contributed by atoms with Crippen LogP contribution in [-0.4, -0.2) is 26.5 Å². The molecule has 0 aromatic carbocycles. The van der Waals surface area contributed by atoms with E-state index in [4.69, 9.17) is 0 Å². The van der Waals surface area contributed by atoms with Crippen LogP contribution in [0, 0.1) is 6.92 Å². The van der Waals surface area contributed by atoms with E-state index in [1.54, 1.807) is 4.68 Å². The molecule has 1 atom stereocenters. The van der Waals surface area contributed by atoms with Crippen LogP contribution in [-0.2, 0) is 13.5 Å². The zero-order valence-electron chi connectivity index (χ0n) is 11.1. The van der Waals surface area contributed by atoms with Gasteiger partial charge in [0.2, 0.25) is 0 Å². The molecule has 0 radical (unpaired) electrons. The van der Waals surface area contributed by atoms with Crippen molar-refractivity contribution < 1.29 is 0 Å². The zero-order chi connectivity index (χ0) is 13.0. The second kappa shape index (κ2) is 5.73. The number of hydrogen-bond donors (Lipinski definition) is 1. The van der Waals surface area contributed by atoms with E-state index in [-0.39, 0.29) is 6.04 Å². The van der Waals surface area contributed by atoms with Crippen LogP contribution in [0.25, 0.3) is 0 Å². The van der Waals surface area contributed by atoms with Gasteiger partial charge < -0.3 is 5.32 Å². The van der Waals surface area contributed by atoms with Gasteiger partial charge in [0.1, 0.15) is 0 Å². The highest BCUT2D eigenvalue weighted by molar-refractivity contribution is 5.22. The van der Waals surface area contributed by atoms with E-state index in [1.165, 1.54) is 5.56 Å². The van der Waals surface area contributed by atoms with Crippen molar-refractivity contribution in [2.75, 3.05) is 6.54 Å². The van der Waals surface area contributed by atoms with Crippen molar-refractivity contribution in [1.82, 2.24) is 25.3 Å². The summed E-state index contributed by atoms with van der Waals surface area (Å²) in [5.74, 6) is 0. The van der Waals surface area contributed by atoms with Crippen molar-refractivity contribution in [3.63, 3.8) is 0 Å². The summed E-state index contributed by atoms with van der Waals surface area (Å²) in [5.41, 5.74) is 3.27. The predicted octanol–water partition coefficient (Wildman–Crippen LogP) is 1.41. The summed E-state index contributed by atoms with van der Waals surface area (Å²) < 4.78 is 1.73. The fraction of sp³-hybridized carbons (Fsp3) is 0.462. The van der Waals surface area contributed by atoms with Gasteiger partial charge in [0, 0.05) is 25.9 Å². The van der Waals surface area contributed by atoms with E-state index in [1.807, 2.05) is 25.5 Å². The average molecular weight is 245 g/mol. The Kier molecular flexibility index (Phi) is 4.04. The SMILES string of the molecule is CCNC(Cc1cn(C)nn1)c1ncccc1C. The zero-order valence-corrected chi connectivity index (χ0v) is 11.1. The molecule has 0 aliphatic heterocycles. The average Bonchev–Trinajstić information content (AvgIpc) is 2.75. The third-order valence-corrected chi connectivity index (χ3v) is 2.89. The lowest BCUT2D eigenvalue weighted by atomic mass is 10.0. The summed E-state index contributed by atoms with van der Waals surface area (Å²) in [6.07, 6.45) is 4.59. The minimum atomic E-state index is 0.188. The molecule has 96 valence electrons. The molecule has 2 aromatic rings. The van der Waals surface area contributed by atoms with Gasteiger partial charge in [-0.2, -0.15) is 0 Å². The normalized spacial score (nSPS) is 12.6. The summed E-state index contributed by atoms with van der Waals surface area (Å²) >= 11 is 0. The Balaban J connectivity index is 2.20. The fourth-order valence-corrected chi connectivity index (χ4v) is 2.07. The van der Waals surface area contributed by atoms with Crippen LogP contribution >= 0.6 is 0 Å². The van der Waals surface area contributed by atoms with E-state index in [2.05, 4.69) is 40.5 Å². The summed E-state index contributed by atoms with van der Waals surface area (Å²) in [7, 11) is 1.88. The van der Waals surface area contributed by atoms with Gasteiger partial charge in [-0.25, -0.2) is 0 Å². The molecule has 0 saturated carbocycles. The molecule has 0 aliphatic carbocycles. The predicted molar refractivity (Wildman–Crippen MR) is 70.1 cm³/mol. The van der Waals surface area contributed by atoms with Crippen molar-refractivity contribution in [1.29, 1.82) is 0 Å². The largest absolute Gasteiger partial charge is 0.309 e. The van der Waals surface area contributed by atoms with Crippen LogP contribution in [0.15, 0.2) is 24.5 Å². The van der Waals surface area contributed by atoms with Crippen LogP contribution in [0.5, 0.6) is 0 Å². The van der Waals surface area contributed by atoms with E-state index in [9.17, 15) is 0 Å². The molecule has 2 heterocycles. The van der Waals surface area contributed by atoms with Gasteiger partial charge in [-0.05, 0) is 25.1 Å². The second-order valence-corrected chi connectivity index (χ2v) is 4.40. The first kappa shape index (κ1) is 12.7. The lowest BCUT2D eigenvalue weighted by Crippen LogP contribution is -2.24. The summed E-state index contributed by atoms with van der Waals surface area (Å²) in [5, 5.41) is 11.6. The molecule has 2 rings (SSSR count). The molecule has 5 heteroatoms. The minimum Gasteiger partial charge on any atom is -0.309 e. The smallest absolute Gasteiger partial charge is 0.0846 e. The number of likely N-dealkylation sites (N-methyl/N-ethyl adjacent to an activating group) is 1.